The summed E-state index contributed by atoms with van der Waals surface area (Å²) in [6, 6.07) is 11.7. The first kappa shape index (κ1) is 16.7. The monoisotopic (exact) mass is 314 g/mol. The van der Waals surface area contributed by atoms with E-state index in [9.17, 15) is 0 Å². The molecular formula is C18H22N2O3. The van der Waals surface area contributed by atoms with Gasteiger partial charge in [0, 0.05) is 5.56 Å². The Kier molecular flexibility index (Phi) is 5.46. The summed E-state index contributed by atoms with van der Waals surface area (Å²) < 4.78 is 16.1. The lowest BCUT2D eigenvalue weighted by atomic mass is 10.1. The van der Waals surface area contributed by atoms with Crippen LogP contribution >= 0.6 is 0 Å². The number of anilines is 1. The van der Waals surface area contributed by atoms with E-state index >= 15 is 0 Å². The summed E-state index contributed by atoms with van der Waals surface area (Å²) in [4.78, 5) is 0. The maximum atomic E-state index is 5.37. The summed E-state index contributed by atoms with van der Waals surface area (Å²) >= 11 is 0. The van der Waals surface area contributed by atoms with Crippen molar-refractivity contribution in [2.75, 3.05) is 26.8 Å². The molecule has 0 aromatic heterocycles. The van der Waals surface area contributed by atoms with Gasteiger partial charge >= 0.3 is 0 Å². The lowest BCUT2D eigenvalue weighted by Crippen LogP contribution is -2.03. The lowest BCUT2D eigenvalue weighted by Gasteiger charge is -2.14. The Hall–Kier alpha value is -2.69. The molecule has 122 valence electrons. The van der Waals surface area contributed by atoms with Gasteiger partial charge in [-0.3, -0.25) is 5.43 Å². The molecule has 0 fully saturated rings. The van der Waals surface area contributed by atoms with Crippen LogP contribution in [0, 0.1) is 6.92 Å². The molecular weight excluding hydrogens is 292 g/mol. The molecule has 0 heterocycles. The molecule has 5 heteroatoms. The first-order valence-corrected chi connectivity index (χ1v) is 7.27. The molecule has 5 nitrogen and oxygen atoms in total. The molecule has 2 aromatic rings. The van der Waals surface area contributed by atoms with Crippen molar-refractivity contribution in [3.05, 3.63) is 47.5 Å². The second kappa shape index (κ2) is 7.54. The number of nitrogens with zero attached hydrogens (tertiary/aromatic N) is 1. The molecule has 0 aliphatic carbocycles. The molecule has 0 saturated heterocycles. The molecule has 0 radical (unpaired) electrons. The number of nitrogens with one attached hydrogen (secondary N) is 1. The van der Waals surface area contributed by atoms with Crippen LogP contribution in [0.4, 0.5) is 5.69 Å². The van der Waals surface area contributed by atoms with Crippen LogP contribution in [0.3, 0.4) is 0 Å². The molecule has 23 heavy (non-hydrogen) atoms. The highest BCUT2D eigenvalue weighted by atomic mass is 16.5. The fraction of sp³-hybridized carbons (Fsp3) is 0.278. The molecule has 0 aliphatic rings. The van der Waals surface area contributed by atoms with Crippen molar-refractivity contribution in [2.24, 2.45) is 5.10 Å². The molecule has 2 aromatic carbocycles. The van der Waals surface area contributed by atoms with E-state index in [1.807, 2.05) is 50.2 Å². The van der Waals surface area contributed by atoms with Crippen LogP contribution in [0.2, 0.25) is 0 Å². The number of hydrogen-bond acceptors (Lipinski definition) is 5. The average Bonchev–Trinajstić information content (AvgIpc) is 2.59. The molecule has 0 aliphatic heterocycles. The number of hydrazone groups is 1. The minimum atomic E-state index is 0.568. The number of aryl methyl sites for hydroxylation is 1. The van der Waals surface area contributed by atoms with Crippen molar-refractivity contribution in [3.63, 3.8) is 0 Å². The Morgan fingerprint density at radius 3 is 2.09 bits per heavy atom. The number of rotatable bonds is 6. The van der Waals surface area contributed by atoms with Crippen LogP contribution in [0.1, 0.15) is 18.1 Å². The van der Waals surface area contributed by atoms with Crippen LogP contribution in [0.15, 0.2) is 41.5 Å². The summed E-state index contributed by atoms with van der Waals surface area (Å²) in [5, 5.41) is 4.45. The maximum absolute atomic E-state index is 5.37. The van der Waals surface area contributed by atoms with Gasteiger partial charge in [0.15, 0.2) is 11.5 Å². The average molecular weight is 314 g/mol. The summed E-state index contributed by atoms with van der Waals surface area (Å²) in [6.45, 7) is 3.96. The van der Waals surface area contributed by atoms with E-state index in [2.05, 4.69) is 10.5 Å². The van der Waals surface area contributed by atoms with Gasteiger partial charge in [-0.05, 0) is 37.6 Å². The second-order valence-corrected chi connectivity index (χ2v) is 5.04. The predicted molar refractivity (Wildman–Crippen MR) is 93.1 cm³/mol. The van der Waals surface area contributed by atoms with E-state index in [1.165, 1.54) is 0 Å². The van der Waals surface area contributed by atoms with Crippen LogP contribution in [-0.2, 0) is 0 Å². The van der Waals surface area contributed by atoms with Crippen molar-refractivity contribution in [2.45, 2.75) is 13.8 Å². The van der Waals surface area contributed by atoms with E-state index in [4.69, 9.17) is 14.2 Å². The standard InChI is InChI=1S/C18H22N2O3/c1-12-8-6-7-9-15(12)20-19-13(2)14-10-16(21-3)18(23-5)17(11-14)22-4/h6-11,20H,1-5H3. The van der Waals surface area contributed by atoms with Crippen molar-refractivity contribution < 1.29 is 14.2 Å². The number of hydrogen-bond donors (Lipinski definition) is 1. The van der Waals surface area contributed by atoms with Gasteiger partial charge in [0.25, 0.3) is 0 Å². The molecule has 0 saturated carbocycles. The van der Waals surface area contributed by atoms with Crippen molar-refractivity contribution in [1.82, 2.24) is 0 Å². The Morgan fingerprint density at radius 1 is 0.957 bits per heavy atom. The van der Waals surface area contributed by atoms with Crippen LogP contribution in [-0.4, -0.2) is 27.0 Å². The van der Waals surface area contributed by atoms with Crippen molar-refractivity contribution >= 4 is 11.4 Å². The van der Waals surface area contributed by atoms with Crippen LogP contribution in [0.5, 0.6) is 17.2 Å². The number of methoxy groups -OCH3 is 3. The van der Waals surface area contributed by atoms with Gasteiger partial charge in [-0.15, -0.1) is 0 Å². The first-order chi connectivity index (χ1) is 11.1. The molecule has 2 rings (SSSR count). The smallest absolute Gasteiger partial charge is 0.203 e. The highest BCUT2D eigenvalue weighted by Gasteiger charge is 2.14. The molecule has 0 amide bonds. The normalized spacial score (nSPS) is 11.1. The zero-order valence-corrected chi connectivity index (χ0v) is 14.1. The van der Waals surface area contributed by atoms with Gasteiger partial charge in [-0.2, -0.15) is 5.10 Å². The highest BCUT2D eigenvalue weighted by Crippen LogP contribution is 2.38. The van der Waals surface area contributed by atoms with Crippen molar-refractivity contribution in [3.8, 4) is 17.2 Å². The lowest BCUT2D eigenvalue weighted by molar-refractivity contribution is 0.324. The predicted octanol–water partition coefficient (Wildman–Crippen LogP) is 3.86. The summed E-state index contributed by atoms with van der Waals surface area (Å²) in [6.07, 6.45) is 0. The second-order valence-electron chi connectivity index (χ2n) is 5.04. The molecule has 0 unspecified atom stereocenters. The third kappa shape index (κ3) is 3.74. The van der Waals surface area contributed by atoms with Gasteiger partial charge in [0.1, 0.15) is 0 Å². The maximum Gasteiger partial charge on any atom is 0.203 e. The third-order valence-electron chi connectivity index (χ3n) is 3.57. The third-order valence-corrected chi connectivity index (χ3v) is 3.57. The minimum Gasteiger partial charge on any atom is -0.493 e. The largest absolute Gasteiger partial charge is 0.493 e. The Labute approximate surface area is 136 Å². The van der Waals surface area contributed by atoms with E-state index in [0.717, 1.165) is 22.5 Å². The number of ether oxygens (including phenoxy) is 3. The fourth-order valence-electron chi connectivity index (χ4n) is 2.20. The number of benzene rings is 2. The number of para-hydroxylation sites is 1. The first-order valence-electron chi connectivity index (χ1n) is 7.27. The topological polar surface area (TPSA) is 52.1 Å². The van der Waals surface area contributed by atoms with E-state index in [0.29, 0.717) is 17.2 Å². The zero-order chi connectivity index (χ0) is 16.8. The van der Waals surface area contributed by atoms with E-state index in [-0.39, 0.29) is 0 Å². The van der Waals surface area contributed by atoms with E-state index < -0.39 is 0 Å². The molecule has 0 bridgehead atoms. The van der Waals surface area contributed by atoms with Gasteiger partial charge < -0.3 is 14.2 Å². The summed E-state index contributed by atoms with van der Waals surface area (Å²) in [7, 11) is 4.78. The molecule has 1 N–H and O–H groups in total. The van der Waals surface area contributed by atoms with Gasteiger partial charge in [0.2, 0.25) is 5.75 Å². The highest BCUT2D eigenvalue weighted by molar-refractivity contribution is 6.00. The zero-order valence-electron chi connectivity index (χ0n) is 14.1. The molecule has 0 atom stereocenters. The SMILES string of the molecule is COc1cc(C(C)=NNc2ccccc2C)cc(OC)c1OC. The van der Waals surface area contributed by atoms with Gasteiger partial charge in [-0.1, -0.05) is 18.2 Å². The quantitative estimate of drug-likeness (QED) is 0.650. The van der Waals surface area contributed by atoms with Crippen molar-refractivity contribution in [1.29, 1.82) is 0 Å². The summed E-state index contributed by atoms with van der Waals surface area (Å²) in [5.74, 6) is 1.78. The van der Waals surface area contributed by atoms with Crippen LogP contribution < -0.4 is 19.6 Å². The van der Waals surface area contributed by atoms with Crippen LogP contribution in [0.25, 0.3) is 0 Å². The Morgan fingerprint density at radius 2 is 1.57 bits per heavy atom. The van der Waals surface area contributed by atoms with Gasteiger partial charge in [-0.25, -0.2) is 0 Å². The summed E-state index contributed by atoms with van der Waals surface area (Å²) in [5.41, 5.74) is 6.90. The minimum absolute atomic E-state index is 0.568. The Bertz CT molecular complexity index is 686. The fourth-order valence-corrected chi connectivity index (χ4v) is 2.20. The van der Waals surface area contributed by atoms with E-state index in [1.54, 1.807) is 21.3 Å². The molecule has 0 spiro atoms. The van der Waals surface area contributed by atoms with Gasteiger partial charge in [0.05, 0.1) is 32.7 Å². The Balaban J connectivity index is 2.33.